The molecule has 1 heterocycles. The number of hydrogen-bond acceptors (Lipinski definition) is 4. The smallest absolute Gasteiger partial charge is 0.122 e. The van der Waals surface area contributed by atoms with E-state index < -0.39 is 6.10 Å². The van der Waals surface area contributed by atoms with E-state index in [-0.39, 0.29) is 18.8 Å². The Kier molecular flexibility index (Phi) is 8.89. The van der Waals surface area contributed by atoms with E-state index in [1.807, 2.05) is 26.0 Å². The number of benzene rings is 1. The summed E-state index contributed by atoms with van der Waals surface area (Å²) in [6.07, 6.45) is 7.96. The van der Waals surface area contributed by atoms with Crippen LogP contribution in [0.2, 0.25) is 0 Å². The molecule has 0 amide bonds. The molecule has 3 rings (SSSR count). The Bertz CT molecular complexity index is 525. The van der Waals surface area contributed by atoms with Gasteiger partial charge in [-0.1, -0.05) is 52.0 Å². The van der Waals surface area contributed by atoms with Crippen molar-refractivity contribution in [2.75, 3.05) is 13.7 Å². The zero-order valence-electron chi connectivity index (χ0n) is 16.6. The number of ether oxygens (including phenoxy) is 2. The van der Waals surface area contributed by atoms with E-state index in [1.165, 1.54) is 37.7 Å². The molecule has 0 bridgehead atoms. The summed E-state index contributed by atoms with van der Waals surface area (Å²) in [6.45, 7) is 3.96. The molecule has 1 aromatic carbocycles. The molecular formula is C22H36O4. The monoisotopic (exact) mass is 364 g/mol. The van der Waals surface area contributed by atoms with Crippen LogP contribution in [0, 0.1) is 5.92 Å². The fraction of sp³-hybridized carbons (Fsp3) is 0.727. The van der Waals surface area contributed by atoms with Gasteiger partial charge in [0.25, 0.3) is 0 Å². The van der Waals surface area contributed by atoms with Crippen LogP contribution in [-0.4, -0.2) is 36.1 Å². The third-order valence-electron chi connectivity index (χ3n) is 5.49. The van der Waals surface area contributed by atoms with Crippen LogP contribution in [0.3, 0.4) is 0 Å². The van der Waals surface area contributed by atoms with Gasteiger partial charge in [-0.05, 0) is 35.6 Å². The van der Waals surface area contributed by atoms with Crippen molar-refractivity contribution < 1.29 is 19.7 Å². The molecule has 2 aliphatic rings. The third kappa shape index (κ3) is 5.70. The van der Waals surface area contributed by atoms with Gasteiger partial charge in [0.05, 0.1) is 32.0 Å². The number of methoxy groups -OCH3 is 1. The first-order chi connectivity index (χ1) is 12.7. The zero-order chi connectivity index (χ0) is 18.9. The minimum Gasteiger partial charge on any atom is -0.496 e. The second-order valence-corrected chi connectivity index (χ2v) is 7.33. The number of aliphatic hydroxyl groups excluding tert-OH is 2. The molecule has 0 spiro atoms. The quantitative estimate of drug-likeness (QED) is 0.812. The Morgan fingerprint density at radius 1 is 1.12 bits per heavy atom. The maximum Gasteiger partial charge on any atom is 0.122 e. The molecule has 26 heavy (non-hydrogen) atoms. The molecular weight excluding hydrogens is 328 g/mol. The lowest BCUT2D eigenvalue weighted by Crippen LogP contribution is -2.33. The first-order valence-electron chi connectivity index (χ1n) is 10.3. The molecule has 3 atom stereocenters. The highest BCUT2D eigenvalue weighted by molar-refractivity contribution is 5.38. The van der Waals surface area contributed by atoms with E-state index in [0.717, 1.165) is 23.7 Å². The molecule has 3 unspecified atom stereocenters. The fourth-order valence-corrected chi connectivity index (χ4v) is 4.18. The van der Waals surface area contributed by atoms with Crippen molar-refractivity contribution in [3.05, 3.63) is 29.3 Å². The van der Waals surface area contributed by atoms with Gasteiger partial charge in [-0.25, -0.2) is 0 Å². The highest BCUT2D eigenvalue weighted by Gasteiger charge is 2.29. The summed E-state index contributed by atoms with van der Waals surface area (Å²) in [5.41, 5.74) is 2.32. The lowest BCUT2D eigenvalue weighted by molar-refractivity contribution is -0.113. The molecule has 1 saturated carbocycles. The van der Waals surface area contributed by atoms with Crippen LogP contribution < -0.4 is 4.74 Å². The second kappa shape index (κ2) is 10.9. The van der Waals surface area contributed by atoms with Crippen molar-refractivity contribution in [2.24, 2.45) is 5.92 Å². The Morgan fingerprint density at radius 2 is 1.85 bits per heavy atom. The minimum atomic E-state index is -0.412. The summed E-state index contributed by atoms with van der Waals surface area (Å²) in [5, 5.41) is 19.4. The standard InChI is InChI=1S/C20H30O4.C2H6/c1-23-19-8-7-15(20-12-17(22)11-18(13-21)24-20)10-16(19)9-14-5-3-2-4-6-14;1-2/h7-8,10,14,17-18,20-22H,2-6,9,11-13H2,1H3;1-2H3. The Morgan fingerprint density at radius 3 is 2.50 bits per heavy atom. The van der Waals surface area contributed by atoms with Crippen LogP contribution in [0.15, 0.2) is 18.2 Å². The fourth-order valence-electron chi connectivity index (χ4n) is 4.18. The predicted octanol–water partition coefficient (Wildman–Crippen LogP) is 4.42. The molecule has 2 N–H and O–H groups in total. The number of rotatable bonds is 5. The van der Waals surface area contributed by atoms with Crippen LogP contribution >= 0.6 is 0 Å². The summed E-state index contributed by atoms with van der Waals surface area (Å²) in [5.74, 6) is 1.69. The summed E-state index contributed by atoms with van der Waals surface area (Å²) in [6, 6.07) is 6.23. The molecule has 1 aliphatic carbocycles. The molecule has 0 aromatic heterocycles. The van der Waals surface area contributed by atoms with Crippen molar-refractivity contribution in [1.82, 2.24) is 0 Å². The lowest BCUT2D eigenvalue weighted by Gasteiger charge is -2.33. The topological polar surface area (TPSA) is 58.9 Å². The number of aliphatic hydroxyl groups is 2. The van der Waals surface area contributed by atoms with Crippen molar-refractivity contribution >= 4 is 0 Å². The van der Waals surface area contributed by atoms with E-state index in [9.17, 15) is 10.2 Å². The van der Waals surface area contributed by atoms with Gasteiger partial charge < -0.3 is 19.7 Å². The highest BCUT2D eigenvalue weighted by atomic mass is 16.5. The first-order valence-corrected chi connectivity index (χ1v) is 10.3. The molecule has 148 valence electrons. The second-order valence-electron chi connectivity index (χ2n) is 7.33. The predicted molar refractivity (Wildman–Crippen MR) is 105 cm³/mol. The first kappa shape index (κ1) is 21.2. The van der Waals surface area contributed by atoms with Gasteiger partial charge in [0, 0.05) is 12.8 Å². The third-order valence-corrected chi connectivity index (χ3v) is 5.49. The van der Waals surface area contributed by atoms with Crippen molar-refractivity contribution in [3.8, 4) is 5.75 Å². The Hall–Kier alpha value is -1.10. The molecule has 0 radical (unpaired) electrons. The van der Waals surface area contributed by atoms with E-state index in [4.69, 9.17) is 9.47 Å². The molecule has 1 aromatic rings. The van der Waals surface area contributed by atoms with Crippen LogP contribution in [0.1, 0.15) is 76.0 Å². The van der Waals surface area contributed by atoms with E-state index >= 15 is 0 Å². The normalized spacial score (nSPS) is 26.7. The van der Waals surface area contributed by atoms with Gasteiger partial charge >= 0.3 is 0 Å². The minimum absolute atomic E-state index is 0.0430. The Labute approximate surface area is 158 Å². The van der Waals surface area contributed by atoms with Gasteiger partial charge in [-0.2, -0.15) is 0 Å². The van der Waals surface area contributed by atoms with Gasteiger partial charge in [-0.15, -0.1) is 0 Å². The summed E-state index contributed by atoms with van der Waals surface area (Å²) >= 11 is 0. The lowest BCUT2D eigenvalue weighted by atomic mass is 9.84. The maximum atomic E-state index is 10.1. The SMILES string of the molecule is CC.COc1ccc(C2CC(O)CC(CO)O2)cc1CC1CCCCC1. The van der Waals surface area contributed by atoms with Gasteiger partial charge in [-0.3, -0.25) is 0 Å². The zero-order valence-corrected chi connectivity index (χ0v) is 16.6. The molecule has 4 heteroatoms. The Balaban J connectivity index is 0.00000117. The average Bonchev–Trinajstić information content (AvgIpc) is 2.69. The van der Waals surface area contributed by atoms with Gasteiger partial charge in [0.15, 0.2) is 0 Å². The van der Waals surface area contributed by atoms with Gasteiger partial charge in [0.1, 0.15) is 5.75 Å². The highest BCUT2D eigenvalue weighted by Crippen LogP contribution is 2.36. The molecule has 1 saturated heterocycles. The van der Waals surface area contributed by atoms with Gasteiger partial charge in [0.2, 0.25) is 0 Å². The largest absolute Gasteiger partial charge is 0.496 e. The van der Waals surface area contributed by atoms with Crippen LogP contribution in [0.25, 0.3) is 0 Å². The number of hydrogen-bond donors (Lipinski definition) is 2. The molecule has 1 aliphatic heterocycles. The summed E-state index contributed by atoms with van der Waals surface area (Å²) in [7, 11) is 1.72. The van der Waals surface area contributed by atoms with E-state index in [0.29, 0.717) is 12.8 Å². The average molecular weight is 365 g/mol. The molecule has 2 fully saturated rings. The van der Waals surface area contributed by atoms with Crippen molar-refractivity contribution in [3.63, 3.8) is 0 Å². The van der Waals surface area contributed by atoms with Crippen LogP contribution in [0.5, 0.6) is 5.75 Å². The van der Waals surface area contributed by atoms with Crippen LogP contribution in [0.4, 0.5) is 0 Å². The molecule has 4 nitrogen and oxygen atoms in total. The summed E-state index contributed by atoms with van der Waals surface area (Å²) in [4.78, 5) is 0. The van der Waals surface area contributed by atoms with E-state index in [2.05, 4.69) is 6.07 Å². The van der Waals surface area contributed by atoms with E-state index in [1.54, 1.807) is 7.11 Å². The van der Waals surface area contributed by atoms with Crippen molar-refractivity contribution in [1.29, 1.82) is 0 Å². The van der Waals surface area contributed by atoms with Crippen molar-refractivity contribution in [2.45, 2.75) is 83.5 Å². The summed E-state index contributed by atoms with van der Waals surface area (Å²) < 4.78 is 11.5. The maximum absolute atomic E-state index is 10.1. The van der Waals surface area contributed by atoms with Crippen LogP contribution in [-0.2, 0) is 11.2 Å².